The van der Waals surface area contributed by atoms with E-state index in [2.05, 4.69) is 10.3 Å². The molecule has 22 heavy (non-hydrogen) atoms. The Kier molecular flexibility index (Phi) is 5.24. The Bertz CT molecular complexity index is 586. The average molecular weight is 305 g/mol. The zero-order chi connectivity index (χ0) is 16.1. The highest BCUT2D eigenvalue weighted by molar-refractivity contribution is 6.07. The van der Waals surface area contributed by atoms with Crippen molar-refractivity contribution in [1.29, 1.82) is 0 Å². The van der Waals surface area contributed by atoms with Crippen LogP contribution in [0.15, 0.2) is 35.7 Å². The Hall–Kier alpha value is -2.25. The molecule has 2 rings (SSSR count). The summed E-state index contributed by atoms with van der Waals surface area (Å²) in [6, 6.07) is 4.54. The fourth-order valence-corrected chi connectivity index (χ4v) is 2.49. The molecule has 1 aliphatic heterocycles. The number of amides is 1. The van der Waals surface area contributed by atoms with Crippen LogP contribution in [0.2, 0.25) is 0 Å². The number of aliphatic hydroxyl groups is 2. The minimum absolute atomic E-state index is 0.000187. The second kappa shape index (κ2) is 7.15. The predicted molar refractivity (Wildman–Crippen MR) is 79.0 cm³/mol. The number of hydrogen-bond donors (Lipinski definition) is 3. The first kappa shape index (κ1) is 16.1. The van der Waals surface area contributed by atoms with Gasteiger partial charge in [-0.05, 0) is 19.1 Å². The van der Waals surface area contributed by atoms with Crippen LogP contribution in [0.25, 0.3) is 0 Å². The third kappa shape index (κ3) is 3.15. The third-order valence-corrected chi connectivity index (χ3v) is 3.47. The Labute approximate surface area is 128 Å². The largest absolute Gasteiger partial charge is 0.503 e. The molecule has 0 unspecified atom stereocenters. The third-order valence-electron chi connectivity index (χ3n) is 3.47. The molecule has 0 spiro atoms. The van der Waals surface area contributed by atoms with Gasteiger partial charge in [0.1, 0.15) is 6.04 Å². The van der Waals surface area contributed by atoms with E-state index in [1.807, 2.05) is 0 Å². The van der Waals surface area contributed by atoms with Crippen LogP contribution in [0, 0.1) is 0 Å². The highest BCUT2D eigenvalue weighted by atomic mass is 16.3. The Morgan fingerprint density at radius 1 is 1.41 bits per heavy atom. The summed E-state index contributed by atoms with van der Waals surface area (Å²) < 4.78 is 0. The standard InChI is InChI=1S/C15H19N3O4/c1-10(20)12-13(11-4-2-3-5-17-11)18(15(22)14(12)21)8-6-16-7-9-19/h2-5,13,16,19,21H,6-9H2,1H3/t13-/m1/s1. The van der Waals surface area contributed by atoms with Crippen LogP contribution in [-0.2, 0) is 9.59 Å². The molecule has 3 N–H and O–H groups in total. The number of nitrogens with zero attached hydrogens (tertiary/aromatic N) is 2. The molecule has 1 aromatic rings. The predicted octanol–water partition coefficient (Wildman–Crippen LogP) is -0.0521. The summed E-state index contributed by atoms with van der Waals surface area (Å²) in [4.78, 5) is 29.7. The SMILES string of the molecule is CC(=O)C1=C(O)C(=O)N(CCNCCO)[C@@H]1c1ccccn1. The number of rotatable bonds is 7. The highest BCUT2D eigenvalue weighted by Crippen LogP contribution is 2.36. The first-order valence-electron chi connectivity index (χ1n) is 7.05. The molecule has 0 bridgehead atoms. The highest BCUT2D eigenvalue weighted by Gasteiger charge is 2.42. The fraction of sp³-hybridized carbons (Fsp3) is 0.400. The zero-order valence-corrected chi connectivity index (χ0v) is 12.3. The monoisotopic (exact) mass is 305 g/mol. The van der Waals surface area contributed by atoms with Crippen molar-refractivity contribution in [2.24, 2.45) is 0 Å². The van der Waals surface area contributed by atoms with Crippen LogP contribution in [0.3, 0.4) is 0 Å². The maximum Gasteiger partial charge on any atom is 0.290 e. The molecule has 0 saturated heterocycles. The van der Waals surface area contributed by atoms with Gasteiger partial charge in [-0.3, -0.25) is 14.6 Å². The minimum Gasteiger partial charge on any atom is -0.503 e. The molecule has 0 saturated carbocycles. The van der Waals surface area contributed by atoms with Gasteiger partial charge in [0, 0.05) is 25.8 Å². The number of hydrogen-bond acceptors (Lipinski definition) is 6. The van der Waals surface area contributed by atoms with Gasteiger partial charge in [0.05, 0.1) is 17.9 Å². The molecule has 1 aromatic heterocycles. The molecule has 0 aromatic carbocycles. The van der Waals surface area contributed by atoms with Gasteiger partial charge in [0.15, 0.2) is 11.5 Å². The molecule has 0 aliphatic carbocycles. The summed E-state index contributed by atoms with van der Waals surface area (Å²) in [5, 5.41) is 21.7. The van der Waals surface area contributed by atoms with Gasteiger partial charge in [0.2, 0.25) is 0 Å². The average Bonchev–Trinajstić information content (AvgIpc) is 2.77. The van der Waals surface area contributed by atoms with Gasteiger partial charge in [-0.1, -0.05) is 6.07 Å². The zero-order valence-electron chi connectivity index (χ0n) is 12.3. The molecule has 7 nitrogen and oxygen atoms in total. The van der Waals surface area contributed by atoms with E-state index in [4.69, 9.17) is 5.11 Å². The first-order valence-corrected chi connectivity index (χ1v) is 7.05. The Morgan fingerprint density at radius 2 is 2.18 bits per heavy atom. The second-order valence-electron chi connectivity index (χ2n) is 4.95. The molecule has 1 amide bonds. The van der Waals surface area contributed by atoms with E-state index >= 15 is 0 Å². The van der Waals surface area contributed by atoms with E-state index in [-0.39, 0.29) is 18.0 Å². The van der Waals surface area contributed by atoms with E-state index in [1.165, 1.54) is 11.8 Å². The van der Waals surface area contributed by atoms with Gasteiger partial charge in [-0.25, -0.2) is 0 Å². The van der Waals surface area contributed by atoms with E-state index in [9.17, 15) is 14.7 Å². The van der Waals surface area contributed by atoms with Gasteiger partial charge < -0.3 is 20.4 Å². The van der Waals surface area contributed by atoms with Crippen LogP contribution in [-0.4, -0.2) is 58.0 Å². The molecule has 7 heteroatoms. The maximum atomic E-state index is 12.2. The first-order chi connectivity index (χ1) is 10.6. The van der Waals surface area contributed by atoms with E-state index in [1.54, 1.807) is 24.4 Å². The van der Waals surface area contributed by atoms with Crippen molar-refractivity contribution in [1.82, 2.24) is 15.2 Å². The van der Waals surface area contributed by atoms with Crippen LogP contribution in [0.1, 0.15) is 18.7 Å². The number of carbonyl (C=O) groups is 2. The number of carbonyl (C=O) groups excluding carboxylic acids is 2. The maximum absolute atomic E-state index is 12.2. The van der Waals surface area contributed by atoms with Crippen molar-refractivity contribution in [3.8, 4) is 0 Å². The summed E-state index contributed by atoms with van der Waals surface area (Å²) in [6.45, 7) is 2.46. The normalized spacial score (nSPS) is 18.2. The molecule has 0 fully saturated rings. The lowest BCUT2D eigenvalue weighted by molar-refractivity contribution is -0.129. The van der Waals surface area contributed by atoms with Gasteiger partial charge in [-0.15, -0.1) is 0 Å². The van der Waals surface area contributed by atoms with E-state index in [0.717, 1.165) is 0 Å². The number of aliphatic hydroxyl groups excluding tert-OH is 2. The fourth-order valence-electron chi connectivity index (χ4n) is 2.49. The van der Waals surface area contributed by atoms with Gasteiger partial charge in [0.25, 0.3) is 5.91 Å². The van der Waals surface area contributed by atoms with Gasteiger partial charge >= 0.3 is 0 Å². The van der Waals surface area contributed by atoms with Crippen molar-refractivity contribution in [3.63, 3.8) is 0 Å². The second-order valence-corrected chi connectivity index (χ2v) is 4.95. The lowest BCUT2D eigenvalue weighted by Gasteiger charge is -2.25. The Balaban J connectivity index is 2.28. The smallest absolute Gasteiger partial charge is 0.290 e. The van der Waals surface area contributed by atoms with E-state index < -0.39 is 17.7 Å². The van der Waals surface area contributed by atoms with Crippen molar-refractivity contribution in [2.45, 2.75) is 13.0 Å². The topological polar surface area (TPSA) is 103 Å². The summed E-state index contributed by atoms with van der Waals surface area (Å²) in [5.41, 5.74) is 0.609. The lowest BCUT2D eigenvalue weighted by Crippen LogP contribution is -2.37. The Morgan fingerprint density at radius 3 is 2.77 bits per heavy atom. The molecular weight excluding hydrogens is 286 g/mol. The summed E-state index contributed by atoms with van der Waals surface area (Å²) in [5.74, 6) is -1.44. The number of pyridine rings is 1. The molecule has 2 heterocycles. The molecule has 118 valence electrons. The number of Topliss-reactive ketones (excluding diaryl/α,β-unsaturated/α-hetero) is 1. The summed E-state index contributed by atoms with van der Waals surface area (Å²) in [7, 11) is 0. The summed E-state index contributed by atoms with van der Waals surface area (Å²) >= 11 is 0. The van der Waals surface area contributed by atoms with E-state index in [0.29, 0.717) is 25.3 Å². The van der Waals surface area contributed by atoms with Crippen molar-refractivity contribution >= 4 is 11.7 Å². The molecular formula is C15H19N3O4. The van der Waals surface area contributed by atoms with Crippen LogP contribution in [0.4, 0.5) is 0 Å². The number of nitrogens with one attached hydrogen (secondary N) is 1. The van der Waals surface area contributed by atoms with Crippen molar-refractivity contribution in [2.75, 3.05) is 26.2 Å². The lowest BCUT2D eigenvalue weighted by atomic mass is 10.0. The molecule has 0 radical (unpaired) electrons. The number of aromatic nitrogens is 1. The van der Waals surface area contributed by atoms with Crippen LogP contribution in [0.5, 0.6) is 0 Å². The molecule has 1 aliphatic rings. The minimum atomic E-state index is -0.679. The van der Waals surface area contributed by atoms with Crippen LogP contribution < -0.4 is 5.32 Å². The van der Waals surface area contributed by atoms with Crippen LogP contribution >= 0.6 is 0 Å². The number of ketones is 1. The van der Waals surface area contributed by atoms with Crippen molar-refractivity contribution < 1.29 is 19.8 Å². The molecule has 1 atom stereocenters. The summed E-state index contributed by atoms with van der Waals surface area (Å²) in [6.07, 6.45) is 1.58. The van der Waals surface area contributed by atoms with Crippen molar-refractivity contribution in [3.05, 3.63) is 41.4 Å². The van der Waals surface area contributed by atoms with Gasteiger partial charge in [-0.2, -0.15) is 0 Å². The quantitative estimate of drug-likeness (QED) is 0.610.